The number of aromatic nitrogens is 1. The van der Waals surface area contributed by atoms with E-state index >= 15 is 0 Å². The molecular weight excluding hydrogens is 250 g/mol. The summed E-state index contributed by atoms with van der Waals surface area (Å²) in [6.07, 6.45) is 3.27. The maximum absolute atomic E-state index is 12.6. The van der Waals surface area contributed by atoms with E-state index in [0.717, 1.165) is 5.69 Å². The van der Waals surface area contributed by atoms with Gasteiger partial charge >= 0.3 is 0 Å². The number of anilines is 1. The van der Waals surface area contributed by atoms with Crippen LogP contribution in [0.5, 0.6) is 0 Å². The molecule has 0 saturated heterocycles. The fraction of sp³-hybridized carbons (Fsp3) is 0.188. The van der Waals surface area contributed by atoms with Crippen molar-refractivity contribution in [2.45, 2.75) is 12.8 Å². The van der Waals surface area contributed by atoms with Gasteiger partial charge in [0.1, 0.15) is 0 Å². The molecule has 0 saturated carbocycles. The Morgan fingerprint density at radius 3 is 2.45 bits per heavy atom. The maximum Gasteiger partial charge on any atom is 0.248 e. The van der Waals surface area contributed by atoms with Gasteiger partial charge in [-0.1, -0.05) is 30.3 Å². The van der Waals surface area contributed by atoms with Crippen LogP contribution in [0, 0.1) is 11.3 Å². The fourth-order valence-electron chi connectivity index (χ4n) is 2.06. The summed E-state index contributed by atoms with van der Waals surface area (Å²) in [6.45, 7) is 2.39. The number of carbonyl (C=O) groups excluding carboxylic acids is 1. The Bertz CT molecular complexity index is 605. The number of nitrogens with zero attached hydrogens (tertiary/aromatic N) is 3. The van der Waals surface area contributed by atoms with Crippen molar-refractivity contribution in [1.82, 2.24) is 4.98 Å². The molecule has 0 N–H and O–H groups in total. The largest absolute Gasteiger partial charge is 0.311 e. The molecule has 100 valence electrons. The van der Waals surface area contributed by atoms with Gasteiger partial charge in [-0.05, 0) is 24.6 Å². The molecule has 0 aliphatic heterocycles. The van der Waals surface area contributed by atoms with Gasteiger partial charge < -0.3 is 4.90 Å². The molecule has 20 heavy (non-hydrogen) atoms. The zero-order valence-corrected chi connectivity index (χ0v) is 11.2. The summed E-state index contributed by atoms with van der Waals surface area (Å²) in [4.78, 5) is 18.1. The number of likely N-dealkylation sites (N-methyl/N-ethyl adjacent to an activating group) is 1. The number of hydrogen-bond donors (Lipinski definition) is 0. The first-order chi connectivity index (χ1) is 9.77. The highest BCUT2D eigenvalue weighted by atomic mass is 16.2. The number of rotatable bonds is 4. The van der Waals surface area contributed by atoms with Crippen LogP contribution in [0.4, 0.5) is 5.69 Å². The molecule has 0 aliphatic rings. The highest BCUT2D eigenvalue weighted by Gasteiger charge is 2.25. The lowest BCUT2D eigenvalue weighted by Gasteiger charge is -2.23. The van der Waals surface area contributed by atoms with Gasteiger partial charge in [0, 0.05) is 24.6 Å². The van der Waals surface area contributed by atoms with Crippen LogP contribution in [0.3, 0.4) is 0 Å². The Morgan fingerprint density at radius 1 is 1.25 bits per heavy atom. The van der Waals surface area contributed by atoms with Gasteiger partial charge in [0.2, 0.25) is 5.91 Å². The second kappa shape index (κ2) is 6.48. The van der Waals surface area contributed by atoms with Crippen molar-refractivity contribution >= 4 is 11.6 Å². The first kappa shape index (κ1) is 13.8. The molecule has 1 aromatic carbocycles. The summed E-state index contributed by atoms with van der Waals surface area (Å²) < 4.78 is 0. The minimum Gasteiger partial charge on any atom is -0.311 e. The van der Waals surface area contributed by atoms with Gasteiger partial charge in [0.05, 0.1) is 6.07 Å². The summed E-state index contributed by atoms with van der Waals surface area (Å²) in [5.74, 6) is -1.00. The second-order valence-electron chi connectivity index (χ2n) is 4.26. The van der Waals surface area contributed by atoms with Gasteiger partial charge in [-0.15, -0.1) is 0 Å². The summed E-state index contributed by atoms with van der Waals surface area (Å²) in [7, 11) is 0. The third-order valence-electron chi connectivity index (χ3n) is 3.07. The molecule has 1 unspecified atom stereocenters. The van der Waals surface area contributed by atoms with E-state index in [1.54, 1.807) is 41.6 Å². The number of nitriles is 1. The van der Waals surface area contributed by atoms with Crippen LogP contribution in [0.1, 0.15) is 18.4 Å². The molecule has 1 atom stereocenters. The van der Waals surface area contributed by atoms with E-state index in [9.17, 15) is 10.1 Å². The van der Waals surface area contributed by atoms with E-state index in [0.29, 0.717) is 12.1 Å². The number of amides is 1. The molecule has 1 amide bonds. The Kier molecular flexibility index (Phi) is 4.46. The van der Waals surface area contributed by atoms with Crippen molar-refractivity contribution in [1.29, 1.82) is 5.26 Å². The van der Waals surface area contributed by atoms with Gasteiger partial charge in [-0.25, -0.2) is 0 Å². The van der Waals surface area contributed by atoms with Crippen molar-refractivity contribution < 1.29 is 4.79 Å². The number of carbonyl (C=O) groups is 1. The summed E-state index contributed by atoms with van der Waals surface area (Å²) >= 11 is 0. The topological polar surface area (TPSA) is 57.0 Å². The Labute approximate surface area is 118 Å². The molecule has 0 fully saturated rings. The van der Waals surface area contributed by atoms with Crippen LogP contribution in [-0.2, 0) is 4.79 Å². The first-order valence-corrected chi connectivity index (χ1v) is 6.44. The van der Waals surface area contributed by atoms with E-state index in [-0.39, 0.29) is 5.91 Å². The molecule has 1 aromatic heterocycles. The molecule has 1 heterocycles. The molecule has 4 heteroatoms. The van der Waals surface area contributed by atoms with Crippen LogP contribution >= 0.6 is 0 Å². The Balaban J connectivity index is 2.31. The second-order valence-corrected chi connectivity index (χ2v) is 4.26. The predicted octanol–water partition coefficient (Wildman–Crippen LogP) is 2.74. The van der Waals surface area contributed by atoms with Crippen LogP contribution in [0.2, 0.25) is 0 Å². The minimum absolute atomic E-state index is 0.215. The average molecular weight is 265 g/mol. The van der Waals surface area contributed by atoms with E-state index in [2.05, 4.69) is 11.1 Å². The monoisotopic (exact) mass is 265 g/mol. The third-order valence-corrected chi connectivity index (χ3v) is 3.07. The van der Waals surface area contributed by atoms with Gasteiger partial charge in [-0.2, -0.15) is 5.26 Å². The lowest BCUT2D eigenvalue weighted by Crippen LogP contribution is -2.34. The first-order valence-electron chi connectivity index (χ1n) is 6.44. The van der Waals surface area contributed by atoms with E-state index < -0.39 is 5.92 Å². The normalized spacial score (nSPS) is 11.4. The molecule has 0 radical (unpaired) electrons. The smallest absolute Gasteiger partial charge is 0.248 e. The zero-order chi connectivity index (χ0) is 14.4. The summed E-state index contributed by atoms with van der Waals surface area (Å²) in [5, 5.41) is 9.33. The zero-order valence-electron chi connectivity index (χ0n) is 11.2. The van der Waals surface area contributed by atoms with Crippen molar-refractivity contribution in [3.8, 4) is 6.07 Å². The highest BCUT2D eigenvalue weighted by molar-refractivity contribution is 5.99. The molecule has 0 spiro atoms. The van der Waals surface area contributed by atoms with Crippen LogP contribution in [0.15, 0.2) is 54.9 Å². The number of benzene rings is 1. The van der Waals surface area contributed by atoms with Crippen LogP contribution in [0.25, 0.3) is 0 Å². The van der Waals surface area contributed by atoms with E-state index in [1.807, 2.05) is 25.1 Å². The lowest BCUT2D eigenvalue weighted by atomic mass is 9.99. The van der Waals surface area contributed by atoms with Crippen molar-refractivity contribution in [2.24, 2.45) is 0 Å². The SMILES string of the molecule is CCN(C(=O)C(C#N)c1ccccc1)c1ccncc1. The number of pyridine rings is 1. The van der Waals surface area contributed by atoms with Crippen molar-refractivity contribution in [2.75, 3.05) is 11.4 Å². The standard InChI is InChI=1S/C16H15N3O/c1-2-19(14-8-10-18-11-9-14)16(20)15(12-17)13-6-4-3-5-7-13/h3-11,15H,2H2,1H3. The number of hydrogen-bond acceptors (Lipinski definition) is 3. The molecular formula is C16H15N3O. The molecule has 0 aliphatic carbocycles. The Hall–Kier alpha value is -2.67. The van der Waals surface area contributed by atoms with E-state index in [4.69, 9.17) is 0 Å². The van der Waals surface area contributed by atoms with Gasteiger partial charge in [-0.3, -0.25) is 9.78 Å². The Morgan fingerprint density at radius 2 is 1.90 bits per heavy atom. The molecule has 4 nitrogen and oxygen atoms in total. The van der Waals surface area contributed by atoms with Crippen molar-refractivity contribution in [3.63, 3.8) is 0 Å². The van der Waals surface area contributed by atoms with Gasteiger partial charge in [0.15, 0.2) is 5.92 Å². The van der Waals surface area contributed by atoms with Crippen LogP contribution < -0.4 is 4.90 Å². The lowest BCUT2D eigenvalue weighted by molar-refractivity contribution is -0.118. The van der Waals surface area contributed by atoms with Crippen LogP contribution in [-0.4, -0.2) is 17.4 Å². The van der Waals surface area contributed by atoms with E-state index in [1.165, 1.54) is 0 Å². The predicted molar refractivity (Wildman–Crippen MR) is 77.1 cm³/mol. The minimum atomic E-state index is -0.788. The maximum atomic E-state index is 12.6. The summed E-state index contributed by atoms with van der Waals surface area (Å²) in [6, 6.07) is 14.7. The molecule has 2 aromatic rings. The van der Waals surface area contributed by atoms with Crippen molar-refractivity contribution in [3.05, 3.63) is 60.4 Å². The third kappa shape index (κ3) is 2.83. The average Bonchev–Trinajstić information content (AvgIpc) is 2.51. The summed E-state index contributed by atoms with van der Waals surface area (Å²) in [5.41, 5.74) is 1.47. The fourth-order valence-corrected chi connectivity index (χ4v) is 2.06. The highest BCUT2D eigenvalue weighted by Crippen LogP contribution is 2.21. The molecule has 0 bridgehead atoms. The molecule has 2 rings (SSSR count). The quantitative estimate of drug-likeness (QED) is 0.854. The van der Waals surface area contributed by atoms with Gasteiger partial charge in [0.25, 0.3) is 0 Å².